The van der Waals surface area contributed by atoms with Crippen LogP contribution < -0.4 is 0 Å². The molecular weight excluding hydrogens is 355 g/mol. The zero-order chi connectivity index (χ0) is 18.0. The van der Waals surface area contributed by atoms with Gasteiger partial charge in [-0.2, -0.15) is 13.2 Å². The van der Waals surface area contributed by atoms with Gasteiger partial charge in [0.25, 0.3) is 0 Å². The summed E-state index contributed by atoms with van der Waals surface area (Å²) < 4.78 is 62.0. The molecule has 0 spiro atoms. The normalized spacial score (nSPS) is 11.8. The minimum atomic E-state index is -4.58. The van der Waals surface area contributed by atoms with E-state index in [2.05, 4.69) is 9.97 Å². The summed E-state index contributed by atoms with van der Waals surface area (Å²) in [5.74, 6) is -0.0221. The topological polar surface area (TPSA) is 64.8 Å². The van der Waals surface area contributed by atoms with Gasteiger partial charge in [0.1, 0.15) is 16.5 Å². The summed E-state index contributed by atoms with van der Waals surface area (Å²) in [6.07, 6.45) is -0.732. The van der Waals surface area contributed by atoms with Crippen molar-refractivity contribution in [3.8, 4) is 17.1 Å². The first-order chi connectivity index (χ1) is 11.8. The molecule has 25 heavy (non-hydrogen) atoms. The summed E-state index contributed by atoms with van der Waals surface area (Å²) in [7, 11) is -2.57. The van der Waals surface area contributed by atoms with E-state index in [0.717, 1.165) is 6.20 Å². The minimum absolute atomic E-state index is 0.100. The lowest BCUT2D eigenvalue weighted by Gasteiger charge is -2.08. The van der Waals surface area contributed by atoms with Crippen molar-refractivity contribution in [2.75, 3.05) is 0 Å². The smallest absolute Gasteiger partial charge is 0.299 e. The summed E-state index contributed by atoms with van der Waals surface area (Å²) in [6, 6.07) is 9.44. The number of nitrogens with zero attached hydrogens (tertiary/aromatic N) is 3. The van der Waals surface area contributed by atoms with E-state index in [4.69, 9.17) is 0 Å². The number of aromatic nitrogens is 3. The molecule has 2 heterocycles. The largest absolute Gasteiger partial charge is 0.434 e. The maximum absolute atomic E-state index is 13.1. The highest BCUT2D eigenvalue weighted by atomic mass is 32.2. The third-order valence-electron chi connectivity index (χ3n) is 3.44. The third kappa shape index (κ3) is 3.87. The number of hydrogen-bond donors (Lipinski definition) is 1. The lowest BCUT2D eigenvalue weighted by Crippen LogP contribution is -2.05. The molecule has 3 aromatic rings. The monoisotopic (exact) mass is 367 g/mol. The molecule has 0 aliphatic heterocycles. The van der Waals surface area contributed by atoms with Crippen molar-refractivity contribution in [2.45, 2.75) is 11.9 Å². The number of rotatable bonds is 4. The van der Waals surface area contributed by atoms with E-state index in [0.29, 0.717) is 16.8 Å². The highest BCUT2D eigenvalue weighted by Crippen LogP contribution is 2.32. The Kier molecular flexibility index (Phi) is 4.58. The zero-order valence-corrected chi connectivity index (χ0v) is 13.5. The number of pyridine rings is 1. The van der Waals surface area contributed by atoms with E-state index in [1.165, 1.54) is 17.0 Å². The van der Waals surface area contributed by atoms with Crippen molar-refractivity contribution in [3.63, 3.8) is 0 Å². The van der Waals surface area contributed by atoms with E-state index < -0.39 is 22.6 Å². The van der Waals surface area contributed by atoms with Crippen molar-refractivity contribution >= 4 is 10.7 Å². The van der Waals surface area contributed by atoms with Crippen LogP contribution in [0.15, 0.2) is 55.0 Å². The number of halogens is 3. The van der Waals surface area contributed by atoms with Gasteiger partial charge in [-0.15, -0.1) is 0 Å². The van der Waals surface area contributed by atoms with Gasteiger partial charge in [0.15, 0.2) is 5.69 Å². The lowest BCUT2D eigenvalue weighted by molar-refractivity contribution is -0.140. The van der Waals surface area contributed by atoms with Crippen molar-refractivity contribution in [1.29, 1.82) is 0 Å². The summed E-state index contributed by atoms with van der Waals surface area (Å²) in [6.45, 7) is 0. The maximum Gasteiger partial charge on any atom is 0.434 e. The Hall–Kier alpha value is -2.68. The standard InChI is InChI=1S/C16H12F3N3O2S/c17-16(18,19)14-9-22(15(21-14)12-2-1-7-20-8-12)13-5-3-11(4-6-13)10-25(23)24/h1-9,25H,10H2. The molecule has 0 aliphatic rings. The van der Waals surface area contributed by atoms with Gasteiger partial charge in [-0.3, -0.25) is 9.55 Å². The van der Waals surface area contributed by atoms with Crippen LogP contribution in [0.4, 0.5) is 13.2 Å². The third-order valence-corrected chi connectivity index (χ3v) is 4.07. The van der Waals surface area contributed by atoms with E-state index in [-0.39, 0.29) is 11.6 Å². The Morgan fingerprint density at radius 2 is 1.80 bits per heavy atom. The van der Waals surface area contributed by atoms with Crippen molar-refractivity contribution in [2.24, 2.45) is 0 Å². The predicted molar refractivity (Wildman–Crippen MR) is 85.8 cm³/mol. The lowest BCUT2D eigenvalue weighted by atomic mass is 10.2. The molecule has 0 amide bonds. The summed E-state index contributed by atoms with van der Waals surface area (Å²) >= 11 is 0. The molecule has 0 N–H and O–H groups in total. The van der Waals surface area contributed by atoms with Crippen LogP contribution in [0, 0.1) is 0 Å². The molecule has 9 heteroatoms. The fraction of sp³-hybridized carbons (Fsp3) is 0.125. The number of thiol groups is 1. The van der Waals surface area contributed by atoms with Gasteiger partial charge < -0.3 is 0 Å². The number of imidazole rings is 1. The molecule has 2 aromatic heterocycles. The number of benzene rings is 1. The second-order valence-electron chi connectivity index (χ2n) is 5.22. The van der Waals surface area contributed by atoms with Crippen LogP contribution >= 0.6 is 0 Å². The molecule has 5 nitrogen and oxygen atoms in total. The number of hydrogen-bond acceptors (Lipinski definition) is 4. The van der Waals surface area contributed by atoms with Crippen LogP contribution in [0.25, 0.3) is 17.1 Å². The van der Waals surface area contributed by atoms with Crippen molar-refractivity contribution in [3.05, 3.63) is 66.2 Å². The van der Waals surface area contributed by atoms with Gasteiger partial charge in [0.2, 0.25) is 0 Å². The Morgan fingerprint density at radius 1 is 1.08 bits per heavy atom. The molecular formula is C16H12F3N3O2S. The average molecular weight is 367 g/mol. The SMILES string of the molecule is O=[SH](=O)Cc1ccc(-n2cc(C(F)(F)F)nc2-c2cccnc2)cc1. The van der Waals surface area contributed by atoms with Gasteiger partial charge in [-0.05, 0) is 29.8 Å². The summed E-state index contributed by atoms with van der Waals surface area (Å²) in [4.78, 5) is 7.61. The fourth-order valence-corrected chi connectivity index (χ4v) is 2.83. The van der Waals surface area contributed by atoms with Gasteiger partial charge in [0.05, 0.1) is 5.75 Å². The van der Waals surface area contributed by atoms with Crippen molar-refractivity contribution in [1.82, 2.24) is 14.5 Å². The molecule has 0 bridgehead atoms. The van der Waals surface area contributed by atoms with Crippen LogP contribution in [0.1, 0.15) is 11.3 Å². The van der Waals surface area contributed by atoms with E-state index >= 15 is 0 Å². The van der Waals surface area contributed by atoms with E-state index in [9.17, 15) is 21.6 Å². The highest BCUT2D eigenvalue weighted by Gasteiger charge is 2.35. The second-order valence-corrected chi connectivity index (χ2v) is 6.20. The van der Waals surface area contributed by atoms with Crippen LogP contribution in [0.5, 0.6) is 0 Å². The quantitative estimate of drug-likeness (QED) is 0.720. The molecule has 0 atom stereocenters. The first kappa shape index (κ1) is 17.2. The van der Waals surface area contributed by atoms with Crippen LogP contribution in [-0.2, 0) is 22.6 Å². The van der Waals surface area contributed by atoms with Gasteiger partial charge >= 0.3 is 6.18 Å². The first-order valence-corrected chi connectivity index (χ1v) is 8.49. The molecule has 130 valence electrons. The molecule has 0 unspecified atom stereocenters. The Bertz CT molecular complexity index is 941. The van der Waals surface area contributed by atoms with Crippen LogP contribution in [-0.4, -0.2) is 23.0 Å². The maximum atomic E-state index is 13.1. The fourth-order valence-electron chi connectivity index (χ4n) is 2.32. The van der Waals surface area contributed by atoms with E-state index in [1.807, 2.05) is 0 Å². The molecule has 1 aromatic carbocycles. The van der Waals surface area contributed by atoms with Crippen LogP contribution in [0.3, 0.4) is 0 Å². The molecule has 0 fully saturated rings. The second kappa shape index (κ2) is 6.67. The molecule has 0 saturated heterocycles. The molecule has 3 rings (SSSR count). The average Bonchev–Trinajstić information content (AvgIpc) is 3.01. The van der Waals surface area contributed by atoms with Gasteiger partial charge in [0, 0.05) is 29.8 Å². The van der Waals surface area contributed by atoms with Crippen LogP contribution in [0.2, 0.25) is 0 Å². The predicted octanol–water partition coefficient (Wildman–Crippen LogP) is 3.06. The summed E-state index contributed by atoms with van der Waals surface area (Å²) in [5, 5.41) is 0. The number of alkyl halides is 3. The highest BCUT2D eigenvalue weighted by molar-refractivity contribution is 7.71. The molecule has 0 saturated carbocycles. The zero-order valence-electron chi connectivity index (χ0n) is 12.6. The van der Waals surface area contributed by atoms with Gasteiger partial charge in [-0.1, -0.05) is 12.1 Å². The Labute approximate surface area is 142 Å². The molecule has 0 radical (unpaired) electrons. The van der Waals surface area contributed by atoms with Crippen molar-refractivity contribution < 1.29 is 21.6 Å². The Balaban J connectivity index is 2.09. The molecule has 0 aliphatic carbocycles. The minimum Gasteiger partial charge on any atom is -0.299 e. The van der Waals surface area contributed by atoms with E-state index in [1.54, 1.807) is 36.4 Å². The van der Waals surface area contributed by atoms with Gasteiger partial charge in [-0.25, -0.2) is 13.4 Å². The summed E-state index contributed by atoms with van der Waals surface area (Å²) in [5.41, 5.74) is 0.411. The first-order valence-electron chi connectivity index (χ1n) is 7.12. The Morgan fingerprint density at radius 3 is 2.36 bits per heavy atom.